The first kappa shape index (κ1) is 9.83. The molecule has 2 heterocycles. The average molecular weight is 269 g/mol. The van der Waals surface area contributed by atoms with Gasteiger partial charge in [0.25, 0.3) is 0 Å². The Bertz CT molecular complexity index is 397. The van der Waals surface area contributed by atoms with Gasteiger partial charge in [-0.2, -0.15) is 0 Å². The predicted octanol–water partition coefficient (Wildman–Crippen LogP) is 2.95. The van der Waals surface area contributed by atoms with Gasteiger partial charge in [0.05, 0.1) is 11.7 Å². The molecule has 1 unspecified atom stereocenters. The molecule has 0 spiro atoms. The van der Waals surface area contributed by atoms with Gasteiger partial charge in [-0.15, -0.1) is 11.3 Å². The highest BCUT2D eigenvalue weighted by atomic mass is 79.9. The first-order chi connectivity index (χ1) is 6.77. The van der Waals surface area contributed by atoms with E-state index in [0.29, 0.717) is 0 Å². The number of hydrogen-bond acceptors (Lipinski definition) is 3. The Kier molecular flexibility index (Phi) is 2.96. The fourth-order valence-corrected chi connectivity index (χ4v) is 2.16. The minimum atomic E-state index is -0.108. The van der Waals surface area contributed by atoms with Crippen molar-refractivity contribution < 1.29 is 0 Å². The summed E-state index contributed by atoms with van der Waals surface area (Å²) in [6.45, 7) is 0. The van der Waals surface area contributed by atoms with Crippen LogP contribution in [0.3, 0.4) is 0 Å². The van der Waals surface area contributed by atoms with Gasteiger partial charge in [0, 0.05) is 15.5 Å². The molecule has 0 amide bonds. The number of nitrogens with two attached hydrogens (primary N) is 1. The van der Waals surface area contributed by atoms with Crippen LogP contribution in [0.5, 0.6) is 0 Å². The van der Waals surface area contributed by atoms with Gasteiger partial charge in [0.2, 0.25) is 0 Å². The summed E-state index contributed by atoms with van der Waals surface area (Å²) in [6, 6.07) is 7.81. The van der Waals surface area contributed by atoms with E-state index in [2.05, 4.69) is 20.9 Å². The highest BCUT2D eigenvalue weighted by Crippen LogP contribution is 2.22. The zero-order valence-corrected chi connectivity index (χ0v) is 9.75. The molecule has 0 aliphatic heterocycles. The lowest BCUT2D eigenvalue weighted by molar-refractivity contribution is 0.846. The molecule has 2 rings (SSSR count). The Balaban J connectivity index is 2.28. The molecule has 4 heteroatoms. The predicted molar refractivity (Wildman–Crippen MR) is 62.3 cm³/mol. The molecule has 0 saturated carbocycles. The van der Waals surface area contributed by atoms with Crippen LogP contribution in [0.25, 0.3) is 0 Å². The second-order valence-electron chi connectivity index (χ2n) is 2.89. The summed E-state index contributed by atoms with van der Waals surface area (Å²) in [7, 11) is 0. The van der Waals surface area contributed by atoms with Crippen LogP contribution in [0.1, 0.15) is 16.6 Å². The zero-order valence-electron chi connectivity index (χ0n) is 7.35. The molecule has 0 bridgehead atoms. The fourth-order valence-electron chi connectivity index (χ4n) is 1.19. The quantitative estimate of drug-likeness (QED) is 0.910. The van der Waals surface area contributed by atoms with Crippen LogP contribution in [0, 0.1) is 0 Å². The number of aromatic nitrogens is 1. The Morgan fingerprint density at radius 2 is 2.21 bits per heavy atom. The third-order valence-corrected chi connectivity index (χ3v) is 3.34. The topological polar surface area (TPSA) is 38.9 Å². The molecule has 0 fully saturated rings. The molecule has 0 aliphatic carbocycles. The molecule has 2 nitrogen and oxygen atoms in total. The van der Waals surface area contributed by atoms with Gasteiger partial charge in [-0.05, 0) is 39.5 Å². The first-order valence-corrected chi connectivity index (χ1v) is 5.85. The summed E-state index contributed by atoms with van der Waals surface area (Å²) in [5, 5.41) is 2.02. The maximum Gasteiger partial charge on any atom is 0.0820 e. The lowest BCUT2D eigenvalue weighted by atomic mass is 10.2. The molecule has 2 aromatic heterocycles. The average Bonchev–Trinajstić information content (AvgIpc) is 2.71. The number of halogens is 1. The maximum absolute atomic E-state index is 6.04. The molecule has 0 aliphatic rings. The summed E-state index contributed by atoms with van der Waals surface area (Å²) in [5.41, 5.74) is 6.94. The van der Waals surface area contributed by atoms with E-state index < -0.39 is 0 Å². The van der Waals surface area contributed by atoms with Crippen molar-refractivity contribution in [2.24, 2.45) is 5.73 Å². The Labute approximate surface area is 94.9 Å². The third-order valence-electron chi connectivity index (χ3n) is 1.92. The van der Waals surface area contributed by atoms with E-state index in [1.165, 1.54) is 0 Å². The molecule has 0 aromatic carbocycles. The van der Waals surface area contributed by atoms with Gasteiger partial charge in [-0.1, -0.05) is 6.07 Å². The molecule has 0 saturated heterocycles. The van der Waals surface area contributed by atoms with Crippen molar-refractivity contribution in [3.05, 3.63) is 50.9 Å². The molecule has 72 valence electrons. The standard InChI is InChI=1S/C10H9BrN2S/c11-7-3-4-8(13-6-7)10(12)9-2-1-5-14-9/h1-6,10H,12H2. The van der Waals surface area contributed by atoms with Crippen molar-refractivity contribution in [2.45, 2.75) is 6.04 Å². The van der Waals surface area contributed by atoms with Crippen molar-refractivity contribution in [1.29, 1.82) is 0 Å². The Morgan fingerprint density at radius 1 is 1.36 bits per heavy atom. The SMILES string of the molecule is NC(c1ccc(Br)cn1)c1cccs1. The van der Waals surface area contributed by atoms with E-state index in [-0.39, 0.29) is 6.04 Å². The highest BCUT2D eigenvalue weighted by Gasteiger charge is 2.10. The van der Waals surface area contributed by atoms with Gasteiger partial charge in [-0.3, -0.25) is 4.98 Å². The summed E-state index contributed by atoms with van der Waals surface area (Å²) >= 11 is 5.00. The van der Waals surface area contributed by atoms with Crippen molar-refractivity contribution in [2.75, 3.05) is 0 Å². The van der Waals surface area contributed by atoms with Gasteiger partial charge in [-0.25, -0.2) is 0 Å². The molecule has 2 aromatic rings. The van der Waals surface area contributed by atoms with E-state index in [1.54, 1.807) is 17.5 Å². The van der Waals surface area contributed by atoms with E-state index in [4.69, 9.17) is 5.73 Å². The fraction of sp³-hybridized carbons (Fsp3) is 0.100. The molecule has 14 heavy (non-hydrogen) atoms. The van der Waals surface area contributed by atoms with Crippen molar-refractivity contribution in [3.63, 3.8) is 0 Å². The van der Waals surface area contributed by atoms with Crippen LogP contribution in [-0.4, -0.2) is 4.98 Å². The number of hydrogen-bond donors (Lipinski definition) is 1. The van der Waals surface area contributed by atoms with Crippen LogP contribution < -0.4 is 5.73 Å². The summed E-state index contributed by atoms with van der Waals surface area (Å²) < 4.78 is 0.972. The van der Waals surface area contributed by atoms with E-state index in [0.717, 1.165) is 15.0 Å². The van der Waals surface area contributed by atoms with Gasteiger partial charge in [0.15, 0.2) is 0 Å². The van der Waals surface area contributed by atoms with Crippen LogP contribution >= 0.6 is 27.3 Å². The number of nitrogens with zero attached hydrogens (tertiary/aromatic N) is 1. The number of pyridine rings is 1. The van der Waals surface area contributed by atoms with E-state index in [1.807, 2.05) is 29.6 Å². The minimum Gasteiger partial charge on any atom is -0.318 e. The van der Waals surface area contributed by atoms with Crippen LogP contribution in [0.2, 0.25) is 0 Å². The molecule has 0 radical (unpaired) electrons. The lowest BCUT2D eigenvalue weighted by Gasteiger charge is -2.08. The van der Waals surface area contributed by atoms with Crippen molar-refractivity contribution in [1.82, 2.24) is 4.98 Å². The van der Waals surface area contributed by atoms with Gasteiger partial charge < -0.3 is 5.73 Å². The van der Waals surface area contributed by atoms with Crippen LogP contribution in [-0.2, 0) is 0 Å². The second kappa shape index (κ2) is 4.21. The zero-order chi connectivity index (χ0) is 9.97. The Hall–Kier alpha value is -0.710. The summed E-state index contributed by atoms with van der Waals surface area (Å²) in [5.74, 6) is 0. The maximum atomic E-state index is 6.04. The molecular weight excluding hydrogens is 260 g/mol. The normalized spacial score (nSPS) is 12.7. The summed E-state index contributed by atoms with van der Waals surface area (Å²) in [4.78, 5) is 5.41. The molecular formula is C10H9BrN2S. The Morgan fingerprint density at radius 3 is 2.79 bits per heavy atom. The second-order valence-corrected chi connectivity index (χ2v) is 4.79. The van der Waals surface area contributed by atoms with Crippen LogP contribution in [0.4, 0.5) is 0 Å². The van der Waals surface area contributed by atoms with Crippen molar-refractivity contribution in [3.8, 4) is 0 Å². The van der Waals surface area contributed by atoms with E-state index in [9.17, 15) is 0 Å². The minimum absolute atomic E-state index is 0.108. The lowest BCUT2D eigenvalue weighted by Crippen LogP contribution is -2.11. The number of thiophene rings is 1. The monoisotopic (exact) mass is 268 g/mol. The molecule has 2 N–H and O–H groups in total. The first-order valence-electron chi connectivity index (χ1n) is 4.18. The summed E-state index contributed by atoms with van der Waals surface area (Å²) in [6.07, 6.45) is 1.77. The van der Waals surface area contributed by atoms with Gasteiger partial charge in [0.1, 0.15) is 0 Å². The van der Waals surface area contributed by atoms with Crippen LogP contribution in [0.15, 0.2) is 40.3 Å². The third kappa shape index (κ3) is 2.03. The highest BCUT2D eigenvalue weighted by molar-refractivity contribution is 9.10. The molecule has 1 atom stereocenters. The largest absolute Gasteiger partial charge is 0.318 e. The smallest absolute Gasteiger partial charge is 0.0820 e. The van der Waals surface area contributed by atoms with Crippen molar-refractivity contribution >= 4 is 27.3 Å². The number of rotatable bonds is 2. The van der Waals surface area contributed by atoms with E-state index >= 15 is 0 Å². The van der Waals surface area contributed by atoms with Gasteiger partial charge >= 0.3 is 0 Å².